The Balaban J connectivity index is 1.61. The Morgan fingerprint density at radius 3 is 2.31 bits per heavy atom. The Kier molecular flexibility index (Phi) is 4.83. The quantitative estimate of drug-likeness (QED) is 0.449. The lowest BCUT2D eigenvalue weighted by atomic mass is 9.99. The lowest BCUT2D eigenvalue weighted by molar-refractivity contribution is 0.262. The van der Waals surface area contributed by atoms with E-state index in [2.05, 4.69) is 20.6 Å². The number of anilines is 2. The first-order valence-electron chi connectivity index (χ1n) is 9.20. The minimum absolute atomic E-state index is 0.310. The van der Waals surface area contributed by atoms with Crippen LogP contribution < -0.4 is 10.6 Å². The van der Waals surface area contributed by atoms with Gasteiger partial charge in [0.05, 0.1) is 17.2 Å². The van der Waals surface area contributed by atoms with Crippen LogP contribution in [0.5, 0.6) is 5.75 Å². The molecule has 0 saturated heterocycles. The number of rotatable bonds is 3. The molecule has 4 aromatic rings. The number of aromatic nitrogens is 2. The zero-order valence-electron chi connectivity index (χ0n) is 16.1. The van der Waals surface area contributed by atoms with Crippen LogP contribution in [0, 0.1) is 13.8 Å². The normalized spacial score (nSPS) is 10.7. The smallest absolute Gasteiger partial charge is 0.324 e. The number of benzene rings is 3. The highest BCUT2D eigenvalue weighted by Gasteiger charge is 2.09. The first-order chi connectivity index (χ1) is 14.0. The monoisotopic (exact) mass is 384 g/mol. The summed E-state index contributed by atoms with van der Waals surface area (Å²) in [6, 6.07) is 18.5. The molecule has 3 aromatic carbocycles. The fraction of sp³-hybridized carbons (Fsp3) is 0.0870. The number of aromatic hydroxyl groups is 1. The van der Waals surface area contributed by atoms with E-state index in [-0.39, 0.29) is 6.03 Å². The number of hydrogen-bond acceptors (Lipinski definition) is 4. The van der Waals surface area contributed by atoms with Crippen molar-refractivity contribution in [2.75, 3.05) is 10.6 Å². The minimum atomic E-state index is -0.384. The Morgan fingerprint density at radius 1 is 0.862 bits per heavy atom. The van der Waals surface area contributed by atoms with Crippen LogP contribution in [0.1, 0.15) is 11.1 Å². The SMILES string of the molecule is Cc1cc(-c2ccc3ncc(NC(=O)Nc4ccccc4)nc3c2)cc(C)c1O. The van der Waals surface area contributed by atoms with E-state index in [1.807, 2.05) is 62.4 Å². The van der Waals surface area contributed by atoms with E-state index >= 15 is 0 Å². The summed E-state index contributed by atoms with van der Waals surface area (Å²) in [5, 5.41) is 15.5. The molecule has 6 heteroatoms. The Hall–Kier alpha value is -3.93. The number of phenols is 1. The van der Waals surface area contributed by atoms with E-state index < -0.39 is 0 Å². The van der Waals surface area contributed by atoms with Gasteiger partial charge in [-0.1, -0.05) is 24.3 Å². The average Bonchev–Trinajstić information content (AvgIpc) is 2.71. The Labute approximate surface area is 168 Å². The maximum atomic E-state index is 12.2. The number of carbonyl (C=O) groups is 1. The van der Waals surface area contributed by atoms with E-state index in [0.717, 1.165) is 27.8 Å². The van der Waals surface area contributed by atoms with Crippen molar-refractivity contribution in [3.8, 4) is 16.9 Å². The van der Waals surface area contributed by atoms with Crippen molar-refractivity contribution in [3.05, 3.63) is 78.0 Å². The molecule has 0 aliphatic carbocycles. The molecule has 0 aliphatic rings. The Bertz CT molecular complexity index is 1180. The average molecular weight is 384 g/mol. The third-order valence-electron chi connectivity index (χ3n) is 4.64. The standard InChI is InChI=1S/C23H20N4O2/c1-14-10-17(11-15(2)22(14)28)16-8-9-19-20(12-16)26-21(13-24-19)27-23(29)25-18-6-4-3-5-7-18/h3-13,28H,1-2H3,(H2,25,26,27,29). The van der Waals surface area contributed by atoms with Gasteiger partial charge >= 0.3 is 6.03 Å². The second kappa shape index (κ2) is 7.59. The maximum absolute atomic E-state index is 12.2. The van der Waals surface area contributed by atoms with E-state index in [4.69, 9.17) is 0 Å². The van der Waals surface area contributed by atoms with Gasteiger partial charge in [-0.25, -0.2) is 9.78 Å². The lowest BCUT2D eigenvalue weighted by Crippen LogP contribution is -2.20. The molecule has 2 amide bonds. The van der Waals surface area contributed by atoms with Gasteiger partial charge in [0, 0.05) is 5.69 Å². The fourth-order valence-corrected chi connectivity index (χ4v) is 3.17. The maximum Gasteiger partial charge on any atom is 0.324 e. The molecule has 6 nitrogen and oxygen atoms in total. The summed E-state index contributed by atoms with van der Waals surface area (Å²) >= 11 is 0. The molecule has 3 N–H and O–H groups in total. The molecule has 0 radical (unpaired) electrons. The largest absolute Gasteiger partial charge is 0.507 e. The third-order valence-corrected chi connectivity index (χ3v) is 4.64. The molecular formula is C23H20N4O2. The highest BCUT2D eigenvalue weighted by Crippen LogP contribution is 2.30. The van der Waals surface area contributed by atoms with Crippen LogP contribution >= 0.6 is 0 Å². The molecule has 0 saturated carbocycles. The van der Waals surface area contributed by atoms with Crippen molar-refractivity contribution < 1.29 is 9.90 Å². The number of amides is 2. The van der Waals surface area contributed by atoms with E-state index in [1.54, 1.807) is 12.1 Å². The summed E-state index contributed by atoms with van der Waals surface area (Å²) in [7, 11) is 0. The second-order valence-electron chi connectivity index (χ2n) is 6.86. The zero-order valence-corrected chi connectivity index (χ0v) is 16.1. The van der Waals surface area contributed by atoms with Crippen molar-refractivity contribution in [1.29, 1.82) is 0 Å². The minimum Gasteiger partial charge on any atom is -0.507 e. The highest BCUT2D eigenvalue weighted by molar-refractivity contribution is 5.99. The van der Waals surface area contributed by atoms with Crippen LogP contribution in [0.4, 0.5) is 16.3 Å². The summed E-state index contributed by atoms with van der Waals surface area (Å²) in [4.78, 5) is 21.1. The predicted molar refractivity (Wildman–Crippen MR) is 115 cm³/mol. The molecule has 144 valence electrons. The molecule has 0 spiro atoms. The number of para-hydroxylation sites is 1. The Morgan fingerprint density at radius 2 is 1.59 bits per heavy atom. The number of phenolic OH excluding ortho intramolecular Hbond substituents is 1. The molecule has 0 bridgehead atoms. The summed E-state index contributed by atoms with van der Waals surface area (Å²) in [5.41, 5.74) is 5.68. The van der Waals surface area contributed by atoms with Gasteiger partial charge in [-0.15, -0.1) is 0 Å². The highest BCUT2D eigenvalue weighted by atomic mass is 16.3. The zero-order chi connectivity index (χ0) is 20.4. The number of fused-ring (bicyclic) bond motifs is 1. The second-order valence-corrected chi connectivity index (χ2v) is 6.86. The molecule has 1 aromatic heterocycles. The van der Waals surface area contributed by atoms with Crippen molar-refractivity contribution in [1.82, 2.24) is 9.97 Å². The van der Waals surface area contributed by atoms with Gasteiger partial charge in [0.2, 0.25) is 0 Å². The van der Waals surface area contributed by atoms with Crippen LogP contribution in [0.15, 0.2) is 66.9 Å². The van der Waals surface area contributed by atoms with E-state index in [9.17, 15) is 9.90 Å². The van der Waals surface area contributed by atoms with Gasteiger partial charge in [0.25, 0.3) is 0 Å². The number of nitrogens with one attached hydrogen (secondary N) is 2. The fourth-order valence-electron chi connectivity index (χ4n) is 3.17. The van der Waals surface area contributed by atoms with Crippen molar-refractivity contribution in [2.24, 2.45) is 0 Å². The number of urea groups is 1. The summed E-state index contributed by atoms with van der Waals surface area (Å²) in [6.07, 6.45) is 1.53. The molecule has 4 rings (SSSR count). The lowest BCUT2D eigenvalue weighted by Gasteiger charge is -2.10. The number of aryl methyl sites for hydroxylation is 2. The molecular weight excluding hydrogens is 364 g/mol. The van der Waals surface area contributed by atoms with E-state index in [1.165, 1.54) is 6.20 Å². The third kappa shape index (κ3) is 4.01. The predicted octanol–water partition coefficient (Wildman–Crippen LogP) is 5.26. The summed E-state index contributed by atoms with van der Waals surface area (Å²) < 4.78 is 0. The van der Waals surface area contributed by atoms with Crippen LogP contribution in [0.2, 0.25) is 0 Å². The van der Waals surface area contributed by atoms with Gasteiger partial charge in [-0.05, 0) is 72.5 Å². The molecule has 29 heavy (non-hydrogen) atoms. The van der Waals surface area contributed by atoms with Gasteiger partial charge in [-0.3, -0.25) is 10.3 Å². The van der Waals surface area contributed by atoms with Crippen LogP contribution in [0.3, 0.4) is 0 Å². The number of hydrogen-bond donors (Lipinski definition) is 3. The van der Waals surface area contributed by atoms with Gasteiger partial charge in [-0.2, -0.15) is 0 Å². The van der Waals surface area contributed by atoms with Crippen molar-refractivity contribution in [3.63, 3.8) is 0 Å². The number of carbonyl (C=O) groups excluding carboxylic acids is 1. The van der Waals surface area contributed by atoms with Gasteiger partial charge < -0.3 is 10.4 Å². The summed E-state index contributed by atoms with van der Waals surface area (Å²) in [5.74, 6) is 0.673. The molecule has 1 heterocycles. The first kappa shape index (κ1) is 18.4. The van der Waals surface area contributed by atoms with Crippen molar-refractivity contribution >= 4 is 28.6 Å². The topological polar surface area (TPSA) is 87.1 Å². The van der Waals surface area contributed by atoms with Gasteiger partial charge in [0.15, 0.2) is 5.82 Å². The van der Waals surface area contributed by atoms with Gasteiger partial charge in [0.1, 0.15) is 5.75 Å². The first-order valence-corrected chi connectivity index (χ1v) is 9.20. The van der Waals surface area contributed by atoms with Crippen LogP contribution in [0.25, 0.3) is 22.2 Å². The van der Waals surface area contributed by atoms with E-state index in [0.29, 0.717) is 22.8 Å². The van der Waals surface area contributed by atoms with Crippen LogP contribution in [-0.2, 0) is 0 Å². The number of nitrogens with zero attached hydrogens (tertiary/aromatic N) is 2. The molecule has 0 atom stereocenters. The van der Waals surface area contributed by atoms with Crippen LogP contribution in [-0.4, -0.2) is 21.1 Å². The van der Waals surface area contributed by atoms with Crippen molar-refractivity contribution in [2.45, 2.75) is 13.8 Å². The summed E-state index contributed by atoms with van der Waals surface area (Å²) in [6.45, 7) is 3.75. The molecule has 0 fully saturated rings. The molecule has 0 unspecified atom stereocenters. The molecule has 0 aliphatic heterocycles.